The monoisotopic (exact) mass is 416 g/mol. The first kappa shape index (κ1) is 22.4. The van der Waals surface area contributed by atoms with Gasteiger partial charge in [0.1, 0.15) is 11.5 Å². The molecule has 0 atom stereocenters. The summed E-state index contributed by atoms with van der Waals surface area (Å²) in [7, 11) is -3.84. The van der Waals surface area contributed by atoms with Crippen molar-refractivity contribution in [2.24, 2.45) is 5.41 Å². The number of carbonyl (C=O) groups is 2. The smallest absolute Gasteiger partial charge is 0.335 e. The average molecular weight is 416 g/mol. The van der Waals surface area contributed by atoms with Gasteiger partial charge in [-0.15, -0.1) is 0 Å². The van der Waals surface area contributed by atoms with Crippen LogP contribution in [0.25, 0.3) is 0 Å². The Morgan fingerprint density at radius 2 is 1.62 bits per heavy atom. The molecule has 0 bridgehead atoms. The quantitative estimate of drug-likeness (QED) is 0.379. The number of esters is 2. The van der Waals surface area contributed by atoms with Crippen LogP contribution in [0.4, 0.5) is 0 Å². The van der Waals surface area contributed by atoms with Gasteiger partial charge in [-0.05, 0) is 69.7 Å². The van der Waals surface area contributed by atoms with E-state index in [1.54, 1.807) is 26.8 Å². The van der Waals surface area contributed by atoms with Crippen LogP contribution in [0.2, 0.25) is 0 Å². The van der Waals surface area contributed by atoms with Crippen LogP contribution in [0.5, 0.6) is 11.5 Å². The van der Waals surface area contributed by atoms with Gasteiger partial charge in [0.15, 0.2) is 0 Å². The largest absolute Gasteiger partial charge is 0.426 e. The molecule has 0 aromatic heterocycles. The first-order chi connectivity index (χ1) is 13.6. The second-order valence-corrected chi connectivity index (χ2v) is 8.95. The number of carbonyl (C=O) groups excluding carboxylic acids is 2. The average Bonchev–Trinajstić information content (AvgIpc) is 2.68. The van der Waals surface area contributed by atoms with Crippen LogP contribution in [0.15, 0.2) is 70.5 Å². The molecular weight excluding hydrogens is 392 g/mol. The summed E-state index contributed by atoms with van der Waals surface area (Å²) >= 11 is 0. The number of sulfone groups is 1. The summed E-state index contributed by atoms with van der Waals surface area (Å²) < 4.78 is 36.2. The third-order valence-electron chi connectivity index (χ3n) is 4.42. The predicted molar refractivity (Wildman–Crippen MR) is 108 cm³/mol. The Kier molecular flexibility index (Phi) is 6.97. The first-order valence-electron chi connectivity index (χ1n) is 9.12. The molecule has 0 N–H and O–H groups in total. The van der Waals surface area contributed by atoms with E-state index in [0.29, 0.717) is 6.42 Å². The second-order valence-electron chi connectivity index (χ2n) is 7.00. The molecule has 0 aliphatic rings. The van der Waals surface area contributed by atoms with Gasteiger partial charge in [0.05, 0.1) is 15.2 Å². The van der Waals surface area contributed by atoms with Crippen molar-refractivity contribution in [3.63, 3.8) is 0 Å². The minimum absolute atomic E-state index is 0.00392. The fraction of sp³-hybridized carbons (Fsp3) is 0.273. The molecule has 154 valence electrons. The maximum atomic E-state index is 12.9. The third-order valence-corrected chi connectivity index (χ3v) is 6.19. The zero-order valence-corrected chi connectivity index (χ0v) is 17.7. The van der Waals surface area contributed by atoms with Crippen molar-refractivity contribution in [1.29, 1.82) is 0 Å². The highest BCUT2D eigenvalue weighted by Crippen LogP contribution is 2.28. The Bertz CT molecular complexity index is 1020. The van der Waals surface area contributed by atoms with Crippen LogP contribution in [0.1, 0.15) is 34.1 Å². The Balaban J connectivity index is 2.25. The maximum Gasteiger partial charge on any atom is 0.335 e. The molecule has 2 aromatic rings. The highest BCUT2D eigenvalue weighted by Gasteiger charge is 2.28. The second kappa shape index (κ2) is 9.05. The Morgan fingerprint density at radius 3 is 2.21 bits per heavy atom. The molecule has 6 nitrogen and oxygen atoms in total. The van der Waals surface area contributed by atoms with Crippen molar-refractivity contribution in [1.82, 2.24) is 0 Å². The highest BCUT2D eigenvalue weighted by molar-refractivity contribution is 7.91. The summed E-state index contributed by atoms with van der Waals surface area (Å²) in [6.07, 6.45) is 3.40. The molecule has 0 saturated carbocycles. The van der Waals surface area contributed by atoms with E-state index in [1.165, 1.54) is 54.6 Å². The van der Waals surface area contributed by atoms with Crippen LogP contribution >= 0.6 is 0 Å². The summed E-state index contributed by atoms with van der Waals surface area (Å²) in [4.78, 5) is 23.7. The molecule has 0 aliphatic heterocycles. The van der Waals surface area contributed by atoms with E-state index in [9.17, 15) is 18.0 Å². The molecule has 0 unspecified atom stereocenters. The van der Waals surface area contributed by atoms with Crippen molar-refractivity contribution in [3.8, 4) is 11.5 Å². The molecule has 0 heterocycles. The van der Waals surface area contributed by atoms with Gasteiger partial charge in [0.25, 0.3) is 0 Å². The lowest BCUT2D eigenvalue weighted by Crippen LogP contribution is -2.28. The van der Waals surface area contributed by atoms with Gasteiger partial charge in [0, 0.05) is 6.08 Å². The number of rotatable bonds is 7. The topological polar surface area (TPSA) is 86.7 Å². The van der Waals surface area contributed by atoms with Crippen molar-refractivity contribution in [2.45, 2.75) is 43.9 Å². The number of hydrogen-bond donors (Lipinski definition) is 0. The van der Waals surface area contributed by atoms with Crippen LogP contribution < -0.4 is 9.47 Å². The number of ether oxygens (including phenoxy) is 2. The van der Waals surface area contributed by atoms with Crippen molar-refractivity contribution >= 4 is 21.8 Å². The number of benzene rings is 2. The molecule has 29 heavy (non-hydrogen) atoms. The van der Waals surface area contributed by atoms with Gasteiger partial charge in [-0.1, -0.05) is 19.1 Å². The van der Waals surface area contributed by atoms with E-state index >= 15 is 0 Å². The summed E-state index contributed by atoms with van der Waals surface area (Å²) in [5.74, 6) is -0.583. The standard InChI is InChI=1S/C22H24O6S/c1-5-8-20(23)27-16-11-13-18(14-12-16)29(25,26)19-10-7-9-17(15-19)28-21(24)22(3,4)6-2/h5,7-15H,6H2,1-4H3/b8-5+. The first-order valence-corrected chi connectivity index (χ1v) is 10.6. The zero-order chi connectivity index (χ0) is 21.7. The lowest BCUT2D eigenvalue weighted by Gasteiger charge is -2.20. The maximum absolute atomic E-state index is 12.9. The van der Waals surface area contributed by atoms with Gasteiger partial charge in [-0.3, -0.25) is 4.79 Å². The van der Waals surface area contributed by atoms with E-state index in [2.05, 4.69) is 0 Å². The van der Waals surface area contributed by atoms with Gasteiger partial charge in [-0.2, -0.15) is 0 Å². The van der Waals surface area contributed by atoms with E-state index in [1.807, 2.05) is 6.92 Å². The SMILES string of the molecule is C/C=C/C(=O)Oc1ccc(S(=O)(=O)c2cccc(OC(=O)C(C)(C)CC)c2)cc1. The lowest BCUT2D eigenvalue weighted by molar-refractivity contribution is -0.144. The summed E-state index contributed by atoms with van der Waals surface area (Å²) in [6, 6.07) is 11.3. The molecule has 7 heteroatoms. The van der Waals surface area contributed by atoms with E-state index in [0.717, 1.165) is 0 Å². The molecule has 2 rings (SSSR count). The minimum Gasteiger partial charge on any atom is -0.426 e. The van der Waals surface area contributed by atoms with Crippen molar-refractivity contribution in [3.05, 3.63) is 60.7 Å². The van der Waals surface area contributed by atoms with E-state index in [4.69, 9.17) is 9.47 Å². The van der Waals surface area contributed by atoms with Gasteiger partial charge in [0.2, 0.25) is 9.84 Å². The fourth-order valence-corrected chi connectivity index (χ4v) is 3.50. The Morgan fingerprint density at radius 1 is 0.966 bits per heavy atom. The molecule has 0 saturated heterocycles. The molecule has 0 fully saturated rings. The van der Waals surface area contributed by atoms with E-state index < -0.39 is 27.2 Å². The van der Waals surface area contributed by atoms with Gasteiger partial charge < -0.3 is 9.47 Å². The van der Waals surface area contributed by atoms with Gasteiger partial charge >= 0.3 is 11.9 Å². The fourth-order valence-electron chi connectivity index (χ4n) is 2.20. The van der Waals surface area contributed by atoms with Crippen LogP contribution in [0.3, 0.4) is 0 Å². The zero-order valence-electron chi connectivity index (χ0n) is 16.8. The van der Waals surface area contributed by atoms with Gasteiger partial charge in [-0.25, -0.2) is 13.2 Å². The van der Waals surface area contributed by atoms with E-state index in [-0.39, 0.29) is 21.3 Å². The van der Waals surface area contributed by atoms with Crippen molar-refractivity contribution in [2.75, 3.05) is 0 Å². The summed E-state index contributed by atoms with van der Waals surface area (Å²) in [6.45, 7) is 7.09. The Labute approximate surface area is 171 Å². The molecule has 0 aliphatic carbocycles. The van der Waals surface area contributed by atoms with Crippen LogP contribution in [-0.4, -0.2) is 20.4 Å². The molecular formula is C22H24O6S. The van der Waals surface area contributed by atoms with Crippen molar-refractivity contribution < 1.29 is 27.5 Å². The minimum atomic E-state index is -3.84. The molecule has 0 amide bonds. The molecule has 0 spiro atoms. The Hall–Kier alpha value is -2.93. The summed E-state index contributed by atoms with van der Waals surface area (Å²) in [5.41, 5.74) is -0.672. The number of hydrogen-bond acceptors (Lipinski definition) is 6. The van der Waals surface area contributed by atoms with Crippen LogP contribution in [-0.2, 0) is 19.4 Å². The highest BCUT2D eigenvalue weighted by atomic mass is 32.2. The summed E-state index contributed by atoms with van der Waals surface area (Å²) in [5, 5.41) is 0. The molecule has 2 aromatic carbocycles. The third kappa shape index (κ3) is 5.54. The number of allylic oxidation sites excluding steroid dienone is 1. The lowest BCUT2D eigenvalue weighted by atomic mass is 9.91. The molecule has 0 radical (unpaired) electrons. The predicted octanol–water partition coefficient (Wildman–Crippen LogP) is 4.34. The van der Waals surface area contributed by atoms with Crippen LogP contribution in [0, 0.1) is 5.41 Å². The normalized spacial score (nSPS) is 12.0.